The lowest BCUT2D eigenvalue weighted by Gasteiger charge is -2.20. The lowest BCUT2D eigenvalue weighted by Crippen LogP contribution is -2.18. The molecule has 0 unspecified atom stereocenters. The zero-order valence-corrected chi connectivity index (χ0v) is 27.6. The molecule has 0 amide bonds. The second-order valence-corrected chi connectivity index (χ2v) is 11.1. The van der Waals surface area contributed by atoms with Crippen LogP contribution in [0.2, 0.25) is 0 Å². The average Bonchev–Trinajstić information content (AvgIpc) is 3.76. The first kappa shape index (κ1) is 35.6. The fraction of sp³-hybridized carbons (Fsp3) is 0.441. The Morgan fingerprint density at radius 2 is 1.65 bits per heavy atom. The molecule has 0 saturated heterocycles. The van der Waals surface area contributed by atoms with Gasteiger partial charge in [0.05, 0.1) is 89.0 Å². The summed E-state index contributed by atoms with van der Waals surface area (Å²) >= 11 is 0. The van der Waals surface area contributed by atoms with Gasteiger partial charge in [-0.2, -0.15) is 0 Å². The summed E-state index contributed by atoms with van der Waals surface area (Å²) in [6, 6.07) is 16.1. The molecule has 0 saturated carbocycles. The highest BCUT2D eigenvalue weighted by atomic mass is 16.6. The summed E-state index contributed by atoms with van der Waals surface area (Å²) in [6.07, 6.45) is 4.40. The number of pyridine rings is 1. The van der Waals surface area contributed by atoms with Crippen LogP contribution in [0.3, 0.4) is 0 Å². The van der Waals surface area contributed by atoms with Crippen molar-refractivity contribution in [1.82, 2.24) is 29.5 Å². The number of hydrogen-bond acceptors (Lipinski definition) is 12. The molecular weight excluding hydrogens is 634 g/mol. The van der Waals surface area contributed by atoms with E-state index < -0.39 is 5.97 Å². The standard InChI is InChI=1S/C34H43N7O8/c1-2-44-22-27(41-24-36-32-33(41)29-5-3-4-6-30(29)37-34(32)35)19-25-7-9-28(10-8-25)49-12-11-40-20-26(38-39-40)21-47-17-15-45-13-14-46-16-18-48-23-31(42)43/h3-10,20,24,27H,2,11-19,21-23H2,1H3,(H2,35,37)(H,42,43)/t27-/m0/s1. The van der Waals surface area contributed by atoms with Gasteiger partial charge in [0.15, 0.2) is 5.82 Å². The highest BCUT2D eigenvalue weighted by Gasteiger charge is 2.19. The minimum Gasteiger partial charge on any atom is -0.492 e. The van der Waals surface area contributed by atoms with Gasteiger partial charge < -0.3 is 43.8 Å². The minimum absolute atomic E-state index is 0.00429. The van der Waals surface area contributed by atoms with Crippen LogP contribution in [0.5, 0.6) is 5.75 Å². The number of carboxylic acids is 1. The van der Waals surface area contributed by atoms with E-state index in [9.17, 15) is 4.79 Å². The van der Waals surface area contributed by atoms with Crippen molar-refractivity contribution in [2.45, 2.75) is 32.5 Å². The molecule has 0 aliphatic rings. The third kappa shape index (κ3) is 10.7. The van der Waals surface area contributed by atoms with Crippen LogP contribution in [0.25, 0.3) is 21.9 Å². The Bertz CT molecular complexity index is 1740. The lowest BCUT2D eigenvalue weighted by molar-refractivity contribution is -0.142. The van der Waals surface area contributed by atoms with Crippen molar-refractivity contribution in [3.05, 3.63) is 72.3 Å². The normalized spacial score (nSPS) is 12.2. The van der Waals surface area contributed by atoms with E-state index in [4.69, 9.17) is 39.3 Å². The van der Waals surface area contributed by atoms with E-state index in [1.165, 1.54) is 0 Å². The quantitative estimate of drug-likeness (QED) is 0.0963. The monoisotopic (exact) mass is 677 g/mol. The van der Waals surface area contributed by atoms with Crippen molar-refractivity contribution < 1.29 is 38.3 Å². The van der Waals surface area contributed by atoms with E-state index >= 15 is 0 Å². The predicted molar refractivity (Wildman–Crippen MR) is 180 cm³/mol. The maximum Gasteiger partial charge on any atom is 0.329 e. The molecular formula is C34H43N7O8. The number of hydrogen-bond donors (Lipinski definition) is 2. The number of para-hydroxylation sites is 1. The first-order chi connectivity index (χ1) is 24.0. The molecule has 0 radical (unpaired) electrons. The Morgan fingerprint density at radius 3 is 2.41 bits per heavy atom. The molecule has 0 spiro atoms. The number of benzene rings is 2. The number of aromatic nitrogens is 6. The van der Waals surface area contributed by atoms with Crippen molar-refractivity contribution in [1.29, 1.82) is 0 Å². The molecule has 3 heterocycles. The number of rotatable bonds is 23. The number of anilines is 1. The Hall–Kier alpha value is -4.67. The van der Waals surface area contributed by atoms with E-state index in [2.05, 4.69) is 37.0 Å². The fourth-order valence-electron chi connectivity index (χ4n) is 5.20. The Kier molecular flexibility index (Phi) is 13.6. The largest absolute Gasteiger partial charge is 0.492 e. The number of carboxylic acid groups (broad SMARTS) is 1. The van der Waals surface area contributed by atoms with Crippen LogP contribution < -0.4 is 10.5 Å². The average molecular weight is 678 g/mol. The van der Waals surface area contributed by atoms with Gasteiger partial charge >= 0.3 is 5.97 Å². The maximum absolute atomic E-state index is 10.4. The maximum atomic E-state index is 10.4. The molecule has 1 atom stereocenters. The summed E-state index contributed by atoms with van der Waals surface area (Å²) in [7, 11) is 0. The van der Waals surface area contributed by atoms with Crippen LogP contribution in [0.15, 0.2) is 61.1 Å². The fourth-order valence-corrected chi connectivity index (χ4v) is 5.20. The predicted octanol–water partition coefficient (Wildman–Crippen LogP) is 3.31. The van der Waals surface area contributed by atoms with Gasteiger partial charge in [0.2, 0.25) is 0 Å². The molecule has 15 nitrogen and oxygen atoms in total. The van der Waals surface area contributed by atoms with Gasteiger partial charge in [-0.05, 0) is 37.1 Å². The molecule has 0 aliphatic carbocycles. The van der Waals surface area contributed by atoms with Gasteiger partial charge in [-0.1, -0.05) is 35.5 Å². The molecule has 3 N–H and O–H groups in total. The van der Waals surface area contributed by atoms with Crippen LogP contribution in [0.4, 0.5) is 5.82 Å². The molecule has 2 aromatic carbocycles. The molecule has 0 fully saturated rings. The van der Waals surface area contributed by atoms with Gasteiger partial charge in [0.1, 0.15) is 30.2 Å². The number of ether oxygens (including phenoxy) is 6. The van der Waals surface area contributed by atoms with Crippen LogP contribution in [0, 0.1) is 0 Å². The third-order valence-corrected chi connectivity index (χ3v) is 7.51. The topological polar surface area (TPSA) is 180 Å². The van der Waals surface area contributed by atoms with E-state index in [0.29, 0.717) is 83.0 Å². The highest BCUT2D eigenvalue weighted by molar-refractivity contribution is 6.06. The number of aliphatic carboxylic acids is 1. The number of nitrogens with zero attached hydrogens (tertiary/aromatic N) is 6. The number of fused-ring (bicyclic) bond motifs is 3. The van der Waals surface area contributed by atoms with Crippen molar-refractivity contribution in [3.8, 4) is 5.75 Å². The Morgan fingerprint density at radius 1 is 0.918 bits per heavy atom. The van der Waals surface area contributed by atoms with Gasteiger partial charge in [-0.25, -0.2) is 19.4 Å². The van der Waals surface area contributed by atoms with Gasteiger partial charge in [0, 0.05) is 12.0 Å². The highest BCUT2D eigenvalue weighted by Crippen LogP contribution is 2.30. The molecule has 262 valence electrons. The van der Waals surface area contributed by atoms with Gasteiger partial charge in [-0.15, -0.1) is 5.10 Å². The van der Waals surface area contributed by atoms with Gasteiger partial charge in [-0.3, -0.25) is 0 Å². The Labute approximate surface area is 283 Å². The van der Waals surface area contributed by atoms with Gasteiger partial charge in [0.25, 0.3) is 0 Å². The SMILES string of the molecule is CCOC[C@H](Cc1ccc(OCCn2cc(COCCOCCOCCOCC(=O)O)nn2)cc1)n1cnc2c(N)nc3ccccc3c21. The third-order valence-electron chi connectivity index (χ3n) is 7.51. The summed E-state index contributed by atoms with van der Waals surface area (Å²) < 4.78 is 37.0. The molecule has 0 aliphatic heterocycles. The van der Waals surface area contributed by atoms with Crippen LogP contribution in [0.1, 0.15) is 24.2 Å². The molecule has 0 bridgehead atoms. The molecule has 49 heavy (non-hydrogen) atoms. The number of imidazole rings is 1. The van der Waals surface area contributed by atoms with E-state index in [-0.39, 0.29) is 19.3 Å². The molecule has 15 heteroatoms. The van der Waals surface area contributed by atoms with E-state index in [1.807, 2.05) is 55.8 Å². The summed E-state index contributed by atoms with van der Waals surface area (Å²) in [5.74, 6) is 0.183. The first-order valence-electron chi connectivity index (χ1n) is 16.2. The van der Waals surface area contributed by atoms with E-state index in [1.54, 1.807) is 4.68 Å². The number of carbonyl (C=O) groups is 1. The number of nitrogens with two attached hydrogens (primary N) is 1. The van der Waals surface area contributed by atoms with Crippen molar-refractivity contribution in [2.75, 3.05) is 71.8 Å². The lowest BCUT2D eigenvalue weighted by atomic mass is 10.1. The summed E-state index contributed by atoms with van der Waals surface area (Å²) in [6.45, 7) is 6.26. The van der Waals surface area contributed by atoms with Crippen LogP contribution in [-0.4, -0.2) is 107 Å². The summed E-state index contributed by atoms with van der Waals surface area (Å²) in [5, 5.41) is 17.8. The smallest absolute Gasteiger partial charge is 0.329 e. The van der Waals surface area contributed by atoms with Crippen molar-refractivity contribution in [3.63, 3.8) is 0 Å². The second-order valence-electron chi connectivity index (χ2n) is 11.1. The first-order valence-corrected chi connectivity index (χ1v) is 16.2. The van der Waals surface area contributed by atoms with Crippen LogP contribution >= 0.6 is 0 Å². The zero-order chi connectivity index (χ0) is 34.3. The van der Waals surface area contributed by atoms with Crippen LogP contribution in [-0.2, 0) is 48.1 Å². The van der Waals surface area contributed by atoms with E-state index in [0.717, 1.165) is 34.2 Å². The minimum atomic E-state index is -1.00. The summed E-state index contributed by atoms with van der Waals surface area (Å²) in [4.78, 5) is 19.5. The number of nitrogen functional groups attached to an aromatic ring is 1. The second kappa shape index (κ2) is 18.8. The molecule has 3 aromatic heterocycles. The van der Waals surface area contributed by atoms with Crippen molar-refractivity contribution in [2.24, 2.45) is 0 Å². The van der Waals surface area contributed by atoms with Crippen molar-refractivity contribution >= 4 is 33.7 Å². The molecule has 5 rings (SSSR count). The summed E-state index contributed by atoms with van der Waals surface area (Å²) in [5.41, 5.74) is 10.6. The Balaban J connectivity index is 1.02. The zero-order valence-electron chi connectivity index (χ0n) is 27.6. The molecule has 5 aromatic rings.